The third-order valence-electron chi connectivity index (χ3n) is 5.89. The second kappa shape index (κ2) is 7.27. The van der Waals surface area contributed by atoms with Crippen molar-refractivity contribution in [1.82, 2.24) is 19.8 Å². The molecule has 4 rings (SSSR count). The lowest BCUT2D eigenvalue weighted by Crippen LogP contribution is -2.51. The molecule has 1 saturated heterocycles. The van der Waals surface area contributed by atoms with Crippen LogP contribution in [0.25, 0.3) is 16.1 Å². The summed E-state index contributed by atoms with van der Waals surface area (Å²) < 4.78 is 28.5. The number of halogens is 2. The molecule has 1 saturated carbocycles. The van der Waals surface area contributed by atoms with Crippen LogP contribution in [0.4, 0.5) is 19.3 Å². The Labute approximate surface area is 176 Å². The van der Waals surface area contributed by atoms with Crippen LogP contribution in [-0.2, 0) is 11.8 Å². The van der Waals surface area contributed by atoms with Gasteiger partial charge >= 0.3 is 6.03 Å². The number of Topliss-reactive ketones (excluding diaryl/α,β-unsaturated/α-hetero) is 1. The number of carbonyl (C=O) groups excluding carboxylic acids is 3. The van der Waals surface area contributed by atoms with Crippen LogP contribution >= 0.6 is 0 Å². The topological polar surface area (TPSA) is 88.7 Å². The molecule has 31 heavy (non-hydrogen) atoms. The molecular weight excluding hydrogens is 408 g/mol. The molecule has 1 aliphatic heterocycles. The van der Waals surface area contributed by atoms with E-state index in [1.807, 2.05) is 0 Å². The summed E-state index contributed by atoms with van der Waals surface area (Å²) in [6, 6.07) is 6.06. The van der Waals surface area contributed by atoms with Gasteiger partial charge in [-0.2, -0.15) is 0 Å². The Balaban J connectivity index is 1.53. The highest BCUT2D eigenvalue weighted by molar-refractivity contribution is 6.10. The highest BCUT2D eigenvalue weighted by atomic mass is 19.3. The lowest BCUT2D eigenvalue weighted by molar-refractivity contribution is -0.135. The molecule has 1 spiro atoms. The minimum atomic E-state index is -2.85. The van der Waals surface area contributed by atoms with E-state index in [-0.39, 0.29) is 18.7 Å². The van der Waals surface area contributed by atoms with E-state index in [4.69, 9.17) is 6.57 Å². The van der Waals surface area contributed by atoms with Crippen LogP contribution < -0.4 is 5.32 Å². The SMILES string of the molecule is [C-]#[N+]c1cccc(-c2cnc(C(=O)CN3C(=O)NC4(CCC(F)(F)CC4)C3=O)n2C)c1. The molecule has 3 amide bonds. The maximum Gasteiger partial charge on any atom is 0.325 e. The first-order chi connectivity index (χ1) is 14.7. The summed E-state index contributed by atoms with van der Waals surface area (Å²) in [4.78, 5) is 46.3. The fourth-order valence-corrected chi connectivity index (χ4v) is 4.09. The van der Waals surface area contributed by atoms with Crippen molar-refractivity contribution in [1.29, 1.82) is 0 Å². The smallest absolute Gasteiger partial charge is 0.325 e. The van der Waals surface area contributed by atoms with Gasteiger partial charge in [0.2, 0.25) is 11.7 Å². The summed E-state index contributed by atoms with van der Waals surface area (Å²) in [5, 5.41) is 2.52. The summed E-state index contributed by atoms with van der Waals surface area (Å²) in [6.45, 7) is 6.60. The minimum Gasteiger partial charge on any atom is -0.325 e. The maximum absolute atomic E-state index is 13.5. The number of urea groups is 1. The van der Waals surface area contributed by atoms with Crippen LogP contribution in [0.5, 0.6) is 0 Å². The predicted molar refractivity (Wildman–Crippen MR) is 106 cm³/mol. The summed E-state index contributed by atoms with van der Waals surface area (Å²) >= 11 is 0. The Morgan fingerprint density at radius 2 is 1.97 bits per heavy atom. The fraction of sp³-hybridized carbons (Fsp3) is 0.381. The molecule has 1 aromatic carbocycles. The van der Waals surface area contributed by atoms with Crippen LogP contribution in [0, 0.1) is 6.57 Å². The van der Waals surface area contributed by atoms with Crippen molar-refractivity contribution in [2.75, 3.05) is 6.54 Å². The Morgan fingerprint density at radius 3 is 2.65 bits per heavy atom. The number of carbonyl (C=O) groups is 3. The zero-order valence-electron chi connectivity index (χ0n) is 16.7. The molecule has 0 bridgehead atoms. The van der Waals surface area contributed by atoms with E-state index in [2.05, 4.69) is 15.1 Å². The first-order valence-corrected chi connectivity index (χ1v) is 9.71. The van der Waals surface area contributed by atoms with Crippen LogP contribution in [0.3, 0.4) is 0 Å². The number of imidazole rings is 1. The first kappa shape index (κ1) is 20.7. The first-order valence-electron chi connectivity index (χ1n) is 9.71. The predicted octanol–water partition coefficient (Wildman–Crippen LogP) is 3.32. The van der Waals surface area contributed by atoms with Crippen molar-refractivity contribution >= 4 is 23.4 Å². The van der Waals surface area contributed by atoms with Crippen LogP contribution in [-0.4, -0.2) is 50.2 Å². The minimum absolute atomic E-state index is 0.0416. The van der Waals surface area contributed by atoms with Gasteiger partial charge < -0.3 is 9.88 Å². The molecule has 160 valence electrons. The van der Waals surface area contributed by atoms with E-state index >= 15 is 0 Å². The van der Waals surface area contributed by atoms with Crippen LogP contribution in [0.15, 0.2) is 30.5 Å². The number of rotatable bonds is 4. The number of nitrogens with zero attached hydrogens (tertiary/aromatic N) is 4. The zero-order valence-corrected chi connectivity index (χ0v) is 16.7. The molecular formula is C21H19F2N5O3. The number of alkyl halides is 2. The average Bonchev–Trinajstić information content (AvgIpc) is 3.23. The maximum atomic E-state index is 13.5. The molecule has 2 aliphatic rings. The Hall–Kier alpha value is -3.61. The van der Waals surface area contributed by atoms with Gasteiger partial charge in [-0.3, -0.25) is 14.5 Å². The molecule has 2 fully saturated rings. The molecule has 0 radical (unpaired) electrons. The van der Waals surface area contributed by atoms with Gasteiger partial charge in [-0.15, -0.1) is 0 Å². The Bertz CT molecular complexity index is 1120. The quantitative estimate of drug-likeness (QED) is 0.461. The highest BCUT2D eigenvalue weighted by Crippen LogP contribution is 2.41. The van der Waals surface area contributed by atoms with Gasteiger partial charge in [0.25, 0.3) is 5.91 Å². The molecule has 2 aromatic rings. The van der Waals surface area contributed by atoms with Crippen molar-refractivity contribution in [3.05, 3.63) is 47.7 Å². The van der Waals surface area contributed by atoms with Crippen molar-refractivity contribution in [2.45, 2.75) is 37.1 Å². The number of ketones is 1. The fourth-order valence-electron chi connectivity index (χ4n) is 4.09. The number of hydrogen-bond acceptors (Lipinski definition) is 4. The van der Waals surface area contributed by atoms with Crippen LogP contribution in [0.2, 0.25) is 0 Å². The summed E-state index contributed by atoms with van der Waals surface area (Å²) in [6.07, 6.45) is 0.158. The number of aromatic nitrogens is 2. The molecule has 1 aromatic heterocycles. The van der Waals surface area contributed by atoms with Gasteiger partial charge in [0.1, 0.15) is 5.54 Å². The van der Waals surface area contributed by atoms with Gasteiger partial charge in [-0.25, -0.2) is 23.4 Å². The van der Waals surface area contributed by atoms with Gasteiger partial charge in [0.15, 0.2) is 11.5 Å². The molecule has 1 aliphatic carbocycles. The van der Waals surface area contributed by atoms with Gasteiger partial charge in [0, 0.05) is 19.9 Å². The summed E-state index contributed by atoms with van der Waals surface area (Å²) in [7, 11) is 1.62. The third kappa shape index (κ3) is 3.56. The second-order valence-corrected chi connectivity index (χ2v) is 7.87. The summed E-state index contributed by atoms with van der Waals surface area (Å²) in [5.41, 5.74) is 0.359. The number of amides is 3. The van der Waals surface area contributed by atoms with E-state index in [1.54, 1.807) is 31.3 Å². The largest absolute Gasteiger partial charge is 0.325 e. The van der Waals surface area contributed by atoms with Gasteiger partial charge in [0.05, 0.1) is 25.0 Å². The van der Waals surface area contributed by atoms with E-state index < -0.39 is 48.6 Å². The Kier molecular flexibility index (Phi) is 4.84. The highest BCUT2D eigenvalue weighted by Gasteiger charge is 2.55. The van der Waals surface area contributed by atoms with Gasteiger partial charge in [-0.05, 0) is 24.5 Å². The summed E-state index contributed by atoms with van der Waals surface area (Å²) in [5.74, 6) is -4.02. The van der Waals surface area contributed by atoms with Crippen molar-refractivity contribution in [2.24, 2.45) is 7.05 Å². The molecule has 0 unspecified atom stereocenters. The van der Waals surface area contributed by atoms with E-state index in [9.17, 15) is 23.2 Å². The van der Waals surface area contributed by atoms with Crippen molar-refractivity contribution in [3.8, 4) is 11.3 Å². The molecule has 8 nitrogen and oxygen atoms in total. The van der Waals surface area contributed by atoms with Crippen LogP contribution in [0.1, 0.15) is 36.3 Å². The molecule has 2 heterocycles. The molecule has 0 atom stereocenters. The normalized spacial score (nSPS) is 19.4. The second-order valence-electron chi connectivity index (χ2n) is 7.87. The van der Waals surface area contributed by atoms with E-state index in [0.29, 0.717) is 16.9 Å². The van der Waals surface area contributed by atoms with E-state index in [0.717, 1.165) is 4.90 Å². The average molecular weight is 427 g/mol. The third-order valence-corrected chi connectivity index (χ3v) is 5.89. The monoisotopic (exact) mass is 427 g/mol. The van der Waals surface area contributed by atoms with Crippen molar-refractivity contribution < 1.29 is 23.2 Å². The number of imide groups is 1. The van der Waals surface area contributed by atoms with E-state index in [1.165, 1.54) is 10.8 Å². The standard InChI is InChI=1S/C21H19F2N5O3/c1-24-14-5-3-4-13(10-14)15-11-25-17(27(15)2)16(29)12-28-18(30)20(26-19(28)31)6-8-21(22,23)9-7-20/h3-5,10-11H,6-9,12H2,2H3,(H,26,31). The number of hydrogen-bond donors (Lipinski definition) is 1. The van der Waals surface area contributed by atoms with Gasteiger partial charge in [-0.1, -0.05) is 18.2 Å². The lowest BCUT2D eigenvalue weighted by atomic mass is 9.80. The molecule has 1 N–H and O–H groups in total. The molecule has 10 heteroatoms. The zero-order chi connectivity index (χ0) is 22.4. The van der Waals surface area contributed by atoms with Crippen molar-refractivity contribution in [3.63, 3.8) is 0 Å². The number of nitrogens with one attached hydrogen (secondary N) is 1. The lowest BCUT2D eigenvalue weighted by Gasteiger charge is -2.34. The number of benzene rings is 1. The Morgan fingerprint density at radius 1 is 1.26 bits per heavy atom.